The van der Waals surface area contributed by atoms with Crippen molar-refractivity contribution < 1.29 is 31.1 Å². The van der Waals surface area contributed by atoms with Crippen LogP contribution in [0.3, 0.4) is 0 Å². The summed E-state index contributed by atoms with van der Waals surface area (Å²) >= 11 is 0.761. The van der Waals surface area contributed by atoms with E-state index < -0.39 is 35.1 Å². The highest BCUT2D eigenvalue weighted by molar-refractivity contribution is 7.22. The maximum Gasteiger partial charge on any atom is 0.417 e. The Morgan fingerprint density at radius 1 is 1.14 bits per heavy atom. The van der Waals surface area contributed by atoms with E-state index in [-0.39, 0.29) is 49.7 Å². The molecule has 0 bridgehead atoms. The average Bonchev–Trinajstić information content (AvgIpc) is 3.61. The fourth-order valence-corrected chi connectivity index (χ4v) is 6.46. The number of anilines is 2. The molecular formula is C27H27F6N7OS. The maximum atomic E-state index is 15.9. The zero-order valence-corrected chi connectivity index (χ0v) is 23.2. The lowest BCUT2D eigenvalue weighted by molar-refractivity contribution is -0.137. The van der Waals surface area contributed by atoms with Crippen molar-refractivity contribution in [1.29, 1.82) is 0 Å². The molecule has 3 aliphatic rings. The molecule has 0 saturated carbocycles. The van der Waals surface area contributed by atoms with Gasteiger partial charge in [-0.3, -0.25) is 4.90 Å². The number of benzene rings is 2. The first-order chi connectivity index (χ1) is 20.0. The molecule has 4 N–H and O–H groups in total. The van der Waals surface area contributed by atoms with E-state index in [0.717, 1.165) is 42.5 Å². The molecule has 0 aliphatic carbocycles. The van der Waals surface area contributed by atoms with E-state index in [0.29, 0.717) is 25.7 Å². The quantitative estimate of drug-likeness (QED) is 0.265. The van der Waals surface area contributed by atoms with Crippen LogP contribution in [0.1, 0.15) is 24.8 Å². The third kappa shape index (κ3) is 5.28. The molecule has 15 heteroatoms. The van der Waals surface area contributed by atoms with Crippen LogP contribution in [0.25, 0.3) is 32.2 Å². The second kappa shape index (κ2) is 11.0. The van der Waals surface area contributed by atoms with Gasteiger partial charge in [0.1, 0.15) is 23.3 Å². The Morgan fingerprint density at radius 2 is 1.93 bits per heavy atom. The minimum Gasteiger partial charge on any atom is -0.467 e. The van der Waals surface area contributed by atoms with Crippen LogP contribution in [-0.4, -0.2) is 71.4 Å². The van der Waals surface area contributed by atoms with Crippen LogP contribution in [0.2, 0.25) is 0 Å². The van der Waals surface area contributed by atoms with Gasteiger partial charge in [0, 0.05) is 42.2 Å². The van der Waals surface area contributed by atoms with E-state index in [9.17, 15) is 22.0 Å². The lowest BCUT2D eigenvalue weighted by Gasteiger charge is -2.29. The molecule has 224 valence electrons. The topological polar surface area (TPSA) is 101 Å². The van der Waals surface area contributed by atoms with Crippen molar-refractivity contribution in [3.8, 4) is 17.1 Å². The van der Waals surface area contributed by atoms with Crippen LogP contribution in [-0.2, 0) is 6.18 Å². The number of nitrogens with zero attached hydrogens (tertiary/aromatic N) is 4. The number of hydrogen-bond donors (Lipinski definition) is 3. The molecule has 0 radical (unpaired) electrons. The van der Waals surface area contributed by atoms with Gasteiger partial charge in [-0.2, -0.15) is 23.1 Å². The summed E-state index contributed by atoms with van der Waals surface area (Å²) in [6.07, 6.45) is -2.13. The first-order valence-corrected chi connectivity index (χ1v) is 14.2. The van der Waals surface area contributed by atoms with E-state index in [4.69, 9.17) is 10.5 Å². The first-order valence-electron chi connectivity index (χ1n) is 13.4. The number of halogens is 6. The van der Waals surface area contributed by atoms with Crippen molar-refractivity contribution in [3.05, 3.63) is 35.4 Å². The van der Waals surface area contributed by atoms with Crippen molar-refractivity contribution >= 4 is 43.4 Å². The summed E-state index contributed by atoms with van der Waals surface area (Å²) < 4.78 is 90.2. The SMILES string of the molecule is COc1nc(NC2CNC2)c2cc(C(F)(F)F)c(-c3ccc(F)c4sc(N)nc34)c(F)c2n1.FC1CC2CCCN2C1. The number of aromatic nitrogens is 3. The van der Waals surface area contributed by atoms with Gasteiger partial charge in [-0.05, 0) is 44.0 Å². The molecule has 8 nitrogen and oxygen atoms in total. The van der Waals surface area contributed by atoms with Gasteiger partial charge in [-0.25, -0.2) is 18.2 Å². The van der Waals surface area contributed by atoms with Gasteiger partial charge < -0.3 is 21.1 Å². The van der Waals surface area contributed by atoms with Crippen molar-refractivity contribution in [1.82, 2.24) is 25.2 Å². The fraction of sp³-hybridized carbons (Fsp3) is 0.444. The summed E-state index contributed by atoms with van der Waals surface area (Å²) in [7, 11) is 1.26. The van der Waals surface area contributed by atoms with Crippen LogP contribution in [0.4, 0.5) is 37.3 Å². The highest BCUT2D eigenvalue weighted by Crippen LogP contribution is 2.45. The summed E-state index contributed by atoms with van der Waals surface area (Å²) in [5.41, 5.74) is 2.80. The Labute approximate surface area is 240 Å². The van der Waals surface area contributed by atoms with E-state index in [1.54, 1.807) is 0 Å². The van der Waals surface area contributed by atoms with Gasteiger partial charge >= 0.3 is 12.2 Å². The molecule has 0 spiro atoms. The normalized spacial score (nSPS) is 20.8. The number of nitrogens with two attached hydrogens (primary N) is 1. The smallest absolute Gasteiger partial charge is 0.417 e. The van der Waals surface area contributed by atoms with Gasteiger partial charge in [0.15, 0.2) is 10.9 Å². The monoisotopic (exact) mass is 611 g/mol. The minimum absolute atomic E-state index is 0.0152. The molecule has 4 aromatic rings. The Balaban J connectivity index is 0.000000296. The molecule has 2 unspecified atom stereocenters. The highest BCUT2D eigenvalue weighted by atomic mass is 32.1. The summed E-state index contributed by atoms with van der Waals surface area (Å²) in [6, 6.07) is 3.08. The Kier molecular flexibility index (Phi) is 7.51. The van der Waals surface area contributed by atoms with Gasteiger partial charge in [-0.15, -0.1) is 0 Å². The van der Waals surface area contributed by atoms with Gasteiger partial charge in [0.25, 0.3) is 0 Å². The molecule has 3 fully saturated rings. The second-order valence-corrected chi connectivity index (χ2v) is 11.5. The Morgan fingerprint density at radius 3 is 2.60 bits per heavy atom. The number of thiazole rings is 1. The first kappa shape index (κ1) is 28.7. The summed E-state index contributed by atoms with van der Waals surface area (Å²) in [6.45, 7) is 2.99. The van der Waals surface area contributed by atoms with Crippen LogP contribution in [0.15, 0.2) is 18.2 Å². The zero-order chi connectivity index (χ0) is 29.8. The predicted octanol–water partition coefficient (Wildman–Crippen LogP) is 5.37. The lowest BCUT2D eigenvalue weighted by Crippen LogP contribution is -2.51. The van der Waals surface area contributed by atoms with Gasteiger partial charge in [0.05, 0.1) is 28.9 Å². The Bertz CT molecular complexity index is 1630. The van der Waals surface area contributed by atoms with Crippen LogP contribution in [0, 0.1) is 11.6 Å². The molecule has 2 atom stereocenters. The van der Waals surface area contributed by atoms with Crippen molar-refractivity contribution in [2.75, 3.05) is 44.3 Å². The van der Waals surface area contributed by atoms with E-state index in [1.165, 1.54) is 20.0 Å². The third-order valence-corrected chi connectivity index (χ3v) is 8.65. The summed E-state index contributed by atoms with van der Waals surface area (Å²) in [5, 5.41) is 5.80. The van der Waals surface area contributed by atoms with Crippen molar-refractivity contribution in [2.24, 2.45) is 0 Å². The van der Waals surface area contributed by atoms with Crippen LogP contribution >= 0.6 is 11.3 Å². The summed E-state index contributed by atoms with van der Waals surface area (Å²) in [4.78, 5) is 14.3. The standard InChI is InChI=1S/C20H15F5N6OS.C7H12FN/c1-32-19-30-14-9(17(31-19)28-7-5-27-6-7)4-10(20(23,24)25)12(13(14)22)8-2-3-11(21)16-15(8)29-18(26)33-16;8-6-4-7-2-1-3-9(7)5-6/h2-4,7,27H,5-6H2,1H3,(H2,26,29)(H,28,30,31);6-7H,1-5H2. The number of hydrogen-bond acceptors (Lipinski definition) is 9. The number of alkyl halides is 4. The summed E-state index contributed by atoms with van der Waals surface area (Å²) in [5.74, 6) is -1.96. The number of nitrogen functional groups attached to an aromatic ring is 1. The fourth-order valence-electron chi connectivity index (χ4n) is 5.70. The highest BCUT2D eigenvalue weighted by Gasteiger charge is 2.38. The number of rotatable bonds is 4. The molecule has 2 aromatic carbocycles. The average molecular weight is 612 g/mol. The molecule has 0 amide bonds. The van der Waals surface area contributed by atoms with Crippen LogP contribution < -0.4 is 21.1 Å². The zero-order valence-electron chi connectivity index (χ0n) is 22.4. The van der Waals surface area contributed by atoms with Gasteiger partial charge in [-0.1, -0.05) is 11.3 Å². The molecule has 42 heavy (non-hydrogen) atoms. The van der Waals surface area contributed by atoms with E-state index in [2.05, 4.69) is 30.5 Å². The molecular weight excluding hydrogens is 584 g/mol. The number of nitrogens with one attached hydrogen (secondary N) is 2. The Hall–Kier alpha value is -3.43. The third-order valence-electron chi connectivity index (χ3n) is 7.76. The molecule has 3 aliphatic heterocycles. The van der Waals surface area contributed by atoms with Crippen molar-refractivity contribution in [2.45, 2.75) is 43.7 Å². The van der Waals surface area contributed by atoms with E-state index in [1.807, 2.05) is 0 Å². The molecule has 5 heterocycles. The van der Waals surface area contributed by atoms with Crippen LogP contribution in [0.5, 0.6) is 6.01 Å². The van der Waals surface area contributed by atoms with Gasteiger partial charge in [0.2, 0.25) is 0 Å². The number of ether oxygens (including phenoxy) is 1. The molecule has 3 saturated heterocycles. The largest absolute Gasteiger partial charge is 0.467 e. The predicted molar refractivity (Wildman–Crippen MR) is 148 cm³/mol. The maximum absolute atomic E-state index is 15.9. The minimum atomic E-state index is -4.94. The van der Waals surface area contributed by atoms with E-state index >= 15 is 4.39 Å². The number of methoxy groups -OCH3 is 1. The lowest BCUT2D eigenvalue weighted by atomic mass is 9.95. The number of fused-ring (bicyclic) bond motifs is 3. The molecule has 7 rings (SSSR count). The van der Waals surface area contributed by atoms with Crippen molar-refractivity contribution in [3.63, 3.8) is 0 Å². The molecule has 2 aromatic heterocycles. The second-order valence-electron chi connectivity index (χ2n) is 10.5.